The molecule has 0 saturated heterocycles. The normalized spacial score (nSPS) is 28.3. The summed E-state index contributed by atoms with van der Waals surface area (Å²) < 4.78 is 72.6. The highest BCUT2D eigenvalue weighted by Gasteiger charge is 2.59. The topological polar surface area (TPSA) is 60.4 Å². The molecular weight excluding hydrogens is 285 g/mol. The van der Waals surface area contributed by atoms with Gasteiger partial charge in [0.1, 0.15) is 6.54 Å². The molecule has 0 aromatic heterocycles. The van der Waals surface area contributed by atoms with Crippen LogP contribution in [0.2, 0.25) is 0 Å². The molecule has 0 aliphatic carbocycles. The highest BCUT2D eigenvalue weighted by Crippen LogP contribution is 2.41. The van der Waals surface area contributed by atoms with Gasteiger partial charge < -0.3 is 4.55 Å². The van der Waals surface area contributed by atoms with E-state index in [1.54, 1.807) is 0 Å². The lowest BCUT2D eigenvalue weighted by Crippen LogP contribution is -2.56. The minimum atomic E-state index is -5.42. The molecule has 0 aromatic carbocycles. The molecule has 1 heterocycles. The van der Waals surface area contributed by atoms with E-state index in [1.807, 2.05) is 6.92 Å². The summed E-state index contributed by atoms with van der Waals surface area (Å²) in [4.78, 5) is 0.185. The van der Waals surface area contributed by atoms with E-state index in [2.05, 4.69) is 0 Å². The molecule has 5 nitrogen and oxygen atoms in total. The zero-order chi connectivity index (χ0) is 14.8. The maximum absolute atomic E-state index is 13.9. The number of nitrogens with zero attached hydrogens (tertiary/aromatic N) is 2. The van der Waals surface area contributed by atoms with E-state index in [9.17, 15) is 26.1 Å². The Morgan fingerprint density at radius 1 is 1.32 bits per heavy atom. The Morgan fingerprint density at radius 3 is 2.26 bits per heavy atom. The van der Waals surface area contributed by atoms with E-state index in [0.29, 0.717) is 6.42 Å². The van der Waals surface area contributed by atoms with Crippen LogP contribution < -0.4 is 0 Å². The first-order chi connectivity index (χ1) is 8.70. The smallest absolute Gasteiger partial charge is 0.357 e. The van der Waals surface area contributed by atoms with E-state index in [4.69, 9.17) is 0 Å². The zero-order valence-corrected chi connectivity index (χ0v) is 11.6. The summed E-state index contributed by atoms with van der Waals surface area (Å²) >= 11 is 0. The minimum Gasteiger partial charge on any atom is -0.701 e. The highest BCUT2D eigenvalue weighted by molar-refractivity contribution is 7.80. The standard InChI is InChI=1S/C10H17F3N2O3S/c1-3-4-5-6-7-15(19(16,17)18)9(12)8(11)14(2)10(15)13/h10H,3-7H2,1-2H3. The Kier molecular flexibility index (Phi) is 4.86. The van der Waals surface area contributed by atoms with Gasteiger partial charge in [-0.2, -0.15) is 17.2 Å². The van der Waals surface area contributed by atoms with Crippen LogP contribution in [0.4, 0.5) is 13.2 Å². The Balaban J connectivity index is 3.09. The SMILES string of the molecule is CCCCCC[N+]1(S(=O)(=O)[O-])C(F)=C(F)N(C)C1F. The van der Waals surface area contributed by atoms with E-state index in [0.717, 1.165) is 19.9 Å². The van der Waals surface area contributed by atoms with Crippen LogP contribution in [0, 0.1) is 0 Å². The highest BCUT2D eigenvalue weighted by atomic mass is 32.2. The van der Waals surface area contributed by atoms with Crippen LogP contribution in [0.5, 0.6) is 0 Å². The molecule has 0 N–H and O–H groups in total. The lowest BCUT2D eigenvalue weighted by Gasteiger charge is -2.35. The molecule has 0 bridgehead atoms. The van der Waals surface area contributed by atoms with Crippen molar-refractivity contribution in [1.29, 1.82) is 0 Å². The van der Waals surface area contributed by atoms with Gasteiger partial charge in [0.25, 0.3) is 16.3 Å². The van der Waals surface area contributed by atoms with E-state index in [1.165, 1.54) is 0 Å². The molecule has 112 valence electrons. The molecule has 1 aliphatic heterocycles. The second kappa shape index (κ2) is 5.68. The molecule has 2 atom stereocenters. The van der Waals surface area contributed by atoms with Crippen LogP contribution in [-0.2, 0) is 10.3 Å². The lowest BCUT2D eigenvalue weighted by atomic mass is 10.2. The van der Waals surface area contributed by atoms with Crippen molar-refractivity contribution in [2.24, 2.45) is 0 Å². The number of quaternary nitrogens is 1. The van der Waals surface area contributed by atoms with Crippen LogP contribution in [0.25, 0.3) is 0 Å². The van der Waals surface area contributed by atoms with Crippen LogP contribution in [-0.4, -0.2) is 41.8 Å². The third-order valence-electron chi connectivity index (χ3n) is 3.22. The largest absolute Gasteiger partial charge is 0.701 e. The quantitative estimate of drug-likeness (QED) is 0.326. The summed E-state index contributed by atoms with van der Waals surface area (Å²) in [6.07, 6.45) is -0.402. The van der Waals surface area contributed by atoms with Crippen molar-refractivity contribution in [1.82, 2.24) is 4.90 Å². The maximum atomic E-state index is 13.9. The van der Waals surface area contributed by atoms with E-state index in [-0.39, 0.29) is 11.3 Å². The molecule has 9 heteroatoms. The molecule has 0 spiro atoms. The summed E-state index contributed by atoms with van der Waals surface area (Å²) in [6, 6.07) is 0. The molecule has 0 aromatic rings. The molecule has 0 saturated carbocycles. The minimum absolute atomic E-state index is 0.115. The third-order valence-corrected chi connectivity index (χ3v) is 4.53. The maximum Gasteiger partial charge on any atom is 0.357 e. The number of rotatable bonds is 6. The van der Waals surface area contributed by atoms with Gasteiger partial charge in [-0.05, 0) is 12.8 Å². The van der Waals surface area contributed by atoms with Crippen molar-refractivity contribution in [3.63, 3.8) is 0 Å². The molecule has 0 radical (unpaired) electrons. The molecule has 1 rings (SSSR count). The molecule has 2 unspecified atom stereocenters. The summed E-state index contributed by atoms with van der Waals surface area (Å²) in [6.45, 7) is 1.28. The fourth-order valence-corrected chi connectivity index (χ4v) is 3.04. The lowest BCUT2D eigenvalue weighted by molar-refractivity contribution is -0.831. The molecule has 1 aliphatic rings. The Bertz CT molecular complexity index is 469. The second-order valence-electron chi connectivity index (χ2n) is 4.51. The Hall–Kier alpha value is -0.800. The van der Waals surface area contributed by atoms with E-state index < -0.39 is 39.1 Å². The van der Waals surface area contributed by atoms with Gasteiger partial charge in [0.05, 0.1) is 0 Å². The summed E-state index contributed by atoms with van der Waals surface area (Å²) in [7, 11) is -4.56. The summed E-state index contributed by atoms with van der Waals surface area (Å²) in [5.41, 5.74) is 0. The summed E-state index contributed by atoms with van der Waals surface area (Å²) in [5, 5.41) is 0. The predicted octanol–water partition coefficient (Wildman–Crippen LogP) is 2.11. The van der Waals surface area contributed by atoms with Gasteiger partial charge >= 0.3 is 12.4 Å². The average Bonchev–Trinajstić information content (AvgIpc) is 2.49. The monoisotopic (exact) mass is 302 g/mol. The van der Waals surface area contributed by atoms with Crippen LogP contribution in [0.3, 0.4) is 0 Å². The van der Waals surface area contributed by atoms with Gasteiger partial charge in [-0.1, -0.05) is 19.8 Å². The van der Waals surface area contributed by atoms with Gasteiger partial charge in [0, 0.05) is 7.05 Å². The Morgan fingerprint density at radius 2 is 1.89 bits per heavy atom. The average molecular weight is 302 g/mol. The third kappa shape index (κ3) is 2.59. The summed E-state index contributed by atoms with van der Waals surface area (Å²) in [5.74, 6) is -3.52. The van der Waals surface area contributed by atoms with Gasteiger partial charge in [0.15, 0.2) is 0 Å². The van der Waals surface area contributed by atoms with Crippen molar-refractivity contribution in [2.75, 3.05) is 13.6 Å². The van der Waals surface area contributed by atoms with Crippen molar-refractivity contribution in [3.05, 3.63) is 11.9 Å². The van der Waals surface area contributed by atoms with Gasteiger partial charge in [-0.3, -0.25) is 4.90 Å². The van der Waals surface area contributed by atoms with Crippen LogP contribution >= 0.6 is 0 Å². The Labute approximate surface area is 110 Å². The first-order valence-corrected chi connectivity index (χ1v) is 7.33. The predicted molar refractivity (Wildman–Crippen MR) is 60.9 cm³/mol. The first kappa shape index (κ1) is 16.3. The van der Waals surface area contributed by atoms with Crippen molar-refractivity contribution < 1.29 is 30.0 Å². The molecular formula is C10H17F3N2O3S. The van der Waals surface area contributed by atoms with Crippen molar-refractivity contribution in [3.8, 4) is 0 Å². The van der Waals surface area contributed by atoms with Crippen LogP contribution in [0.1, 0.15) is 32.6 Å². The fourth-order valence-electron chi connectivity index (χ4n) is 2.06. The number of unbranched alkanes of at least 4 members (excludes halogenated alkanes) is 3. The number of hydrogen-bond acceptors (Lipinski definition) is 4. The van der Waals surface area contributed by atoms with Gasteiger partial charge in [0.2, 0.25) is 0 Å². The first-order valence-electron chi connectivity index (χ1n) is 5.96. The second-order valence-corrected chi connectivity index (χ2v) is 6.02. The number of halogens is 3. The van der Waals surface area contributed by atoms with Crippen molar-refractivity contribution >= 4 is 10.3 Å². The fraction of sp³-hybridized carbons (Fsp3) is 0.800. The van der Waals surface area contributed by atoms with Gasteiger partial charge in [-0.15, -0.1) is 8.28 Å². The molecule has 0 amide bonds. The molecule has 0 fully saturated rings. The number of hydrogen-bond donors (Lipinski definition) is 0. The van der Waals surface area contributed by atoms with Crippen molar-refractivity contribution in [2.45, 2.75) is 39.0 Å². The number of alkyl halides is 1. The van der Waals surface area contributed by atoms with Gasteiger partial charge in [-0.25, -0.2) is 0 Å². The van der Waals surface area contributed by atoms with E-state index >= 15 is 0 Å². The van der Waals surface area contributed by atoms with Crippen LogP contribution in [0.15, 0.2) is 11.9 Å². The molecule has 19 heavy (non-hydrogen) atoms. The zero-order valence-electron chi connectivity index (χ0n) is 10.8.